The Labute approximate surface area is 110 Å². The van der Waals surface area contributed by atoms with E-state index in [-0.39, 0.29) is 30.8 Å². The van der Waals surface area contributed by atoms with Crippen LogP contribution in [0.2, 0.25) is 0 Å². The second-order valence-corrected chi connectivity index (χ2v) is 5.58. The molecule has 2 saturated carbocycles. The molecule has 0 aromatic carbocycles. The number of hydrogen-bond acceptors (Lipinski definition) is 3. The Hall–Kier alpha value is -1.20. The zero-order chi connectivity index (χ0) is 14.0. The van der Waals surface area contributed by atoms with Gasteiger partial charge in [-0.3, -0.25) is 4.79 Å². The van der Waals surface area contributed by atoms with Gasteiger partial charge < -0.3 is 10.1 Å². The second kappa shape index (κ2) is 5.43. The number of Topliss-reactive ketones (excluding diaryl/α,β-unsaturated/α-hetero) is 1. The van der Waals surface area contributed by atoms with Gasteiger partial charge in [0.2, 0.25) is 0 Å². The molecular weight excluding hydrogens is 256 g/mol. The van der Waals surface area contributed by atoms with Gasteiger partial charge in [-0.05, 0) is 26.2 Å². The van der Waals surface area contributed by atoms with Crippen LogP contribution in [-0.4, -0.2) is 30.4 Å². The molecule has 0 aromatic rings. The Morgan fingerprint density at radius 3 is 2.63 bits per heavy atom. The van der Waals surface area contributed by atoms with Crippen LogP contribution in [-0.2, 0) is 9.53 Å². The maximum absolute atomic E-state index is 12.6. The van der Waals surface area contributed by atoms with Crippen LogP contribution in [0, 0.1) is 11.8 Å². The van der Waals surface area contributed by atoms with Crippen LogP contribution in [0.4, 0.5) is 13.6 Å². The predicted molar refractivity (Wildman–Crippen MR) is 64.0 cm³/mol. The van der Waals surface area contributed by atoms with Crippen LogP contribution in [0.25, 0.3) is 0 Å². The number of carbonyl (C=O) groups excluding carboxylic acids is 2. The Kier molecular flexibility index (Phi) is 4.06. The highest BCUT2D eigenvalue weighted by atomic mass is 19.3. The standard InChI is InChI=1S/C13H19F2NO3/c1-8(17)9-3-2-4-11(5-9)16-12(18)19-7-10-6-13(10,14)15/h9-11H,2-7H2,1H3,(H,16,18)/t9-,10?,11+/m0/s1. The van der Waals surface area contributed by atoms with E-state index < -0.39 is 17.9 Å². The molecule has 1 amide bonds. The minimum Gasteiger partial charge on any atom is -0.449 e. The molecule has 0 aromatic heterocycles. The van der Waals surface area contributed by atoms with Crippen LogP contribution in [0.1, 0.15) is 39.0 Å². The zero-order valence-electron chi connectivity index (χ0n) is 11.0. The van der Waals surface area contributed by atoms with Crippen molar-refractivity contribution in [1.29, 1.82) is 0 Å². The lowest BCUT2D eigenvalue weighted by molar-refractivity contribution is -0.121. The number of hydrogen-bond donors (Lipinski definition) is 1. The normalized spacial score (nSPS) is 32.5. The molecule has 6 heteroatoms. The SMILES string of the molecule is CC(=O)[C@H]1CCC[C@@H](NC(=O)OCC2CC2(F)F)C1. The third-order valence-corrected chi connectivity index (χ3v) is 3.94. The van der Waals surface area contributed by atoms with E-state index in [2.05, 4.69) is 5.32 Å². The summed E-state index contributed by atoms with van der Waals surface area (Å²) in [6.07, 6.45) is 2.31. The maximum Gasteiger partial charge on any atom is 0.407 e. The van der Waals surface area contributed by atoms with Crippen molar-refractivity contribution in [3.05, 3.63) is 0 Å². The fourth-order valence-corrected chi connectivity index (χ4v) is 2.53. The smallest absolute Gasteiger partial charge is 0.407 e. The Balaban J connectivity index is 1.68. The number of ketones is 1. The van der Waals surface area contributed by atoms with E-state index in [1.165, 1.54) is 0 Å². The largest absolute Gasteiger partial charge is 0.449 e. The van der Waals surface area contributed by atoms with Crippen LogP contribution >= 0.6 is 0 Å². The molecule has 1 unspecified atom stereocenters. The van der Waals surface area contributed by atoms with Crippen molar-refractivity contribution in [2.45, 2.75) is 51.0 Å². The lowest BCUT2D eigenvalue weighted by Crippen LogP contribution is -2.40. The van der Waals surface area contributed by atoms with Gasteiger partial charge in [0.1, 0.15) is 12.4 Å². The molecule has 2 aliphatic rings. The predicted octanol–water partition coefficient (Wildman–Crippen LogP) is 2.52. The summed E-state index contributed by atoms with van der Waals surface area (Å²) in [4.78, 5) is 22.8. The first-order chi connectivity index (χ1) is 8.88. The molecule has 2 aliphatic carbocycles. The number of carbonyl (C=O) groups is 2. The monoisotopic (exact) mass is 275 g/mol. The average molecular weight is 275 g/mol. The van der Waals surface area contributed by atoms with Gasteiger partial charge in [0.15, 0.2) is 0 Å². The minimum absolute atomic E-state index is 0.00758. The Morgan fingerprint density at radius 1 is 1.37 bits per heavy atom. The second-order valence-electron chi connectivity index (χ2n) is 5.58. The van der Waals surface area contributed by atoms with Gasteiger partial charge in [0.25, 0.3) is 5.92 Å². The Bertz CT molecular complexity index is 373. The molecule has 0 heterocycles. The summed E-state index contributed by atoms with van der Waals surface area (Å²) in [5, 5.41) is 2.66. The van der Waals surface area contributed by atoms with Gasteiger partial charge in [0.05, 0.1) is 5.92 Å². The summed E-state index contributed by atoms with van der Waals surface area (Å²) in [6.45, 7) is 1.32. The van der Waals surface area contributed by atoms with Crippen LogP contribution in [0.5, 0.6) is 0 Å². The van der Waals surface area contributed by atoms with Crippen LogP contribution < -0.4 is 5.32 Å². The highest BCUT2D eigenvalue weighted by molar-refractivity contribution is 5.78. The summed E-state index contributed by atoms with van der Waals surface area (Å²) < 4.78 is 30.0. The summed E-state index contributed by atoms with van der Waals surface area (Å²) >= 11 is 0. The number of alkyl carbamates (subject to hydrolysis) is 1. The van der Waals surface area contributed by atoms with Gasteiger partial charge in [-0.25, -0.2) is 13.6 Å². The van der Waals surface area contributed by atoms with Gasteiger partial charge >= 0.3 is 6.09 Å². The van der Waals surface area contributed by atoms with Gasteiger partial charge in [-0.15, -0.1) is 0 Å². The first kappa shape index (κ1) is 14.2. The van der Waals surface area contributed by atoms with Gasteiger partial charge in [-0.1, -0.05) is 6.42 Å². The fourth-order valence-electron chi connectivity index (χ4n) is 2.53. The quantitative estimate of drug-likeness (QED) is 0.857. The molecule has 2 fully saturated rings. The molecule has 19 heavy (non-hydrogen) atoms. The lowest BCUT2D eigenvalue weighted by Gasteiger charge is -2.27. The molecule has 108 valence electrons. The molecule has 4 nitrogen and oxygen atoms in total. The molecular formula is C13H19F2NO3. The lowest BCUT2D eigenvalue weighted by atomic mass is 9.83. The van der Waals surface area contributed by atoms with Crippen molar-refractivity contribution < 1.29 is 23.1 Å². The van der Waals surface area contributed by atoms with Crippen molar-refractivity contribution in [1.82, 2.24) is 5.32 Å². The number of nitrogens with one attached hydrogen (secondary N) is 1. The number of rotatable bonds is 4. The third-order valence-electron chi connectivity index (χ3n) is 3.94. The highest BCUT2D eigenvalue weighted by Crippen LogP contribution is 2.48. The maximum atomic E-state index is 12.6. The number of ether oxygens (including phenoxy) is 1. The summed E-state index contributed by atoms with van der Waals surface area (Å²) in [6, 6.07) is -0.0881. The number of halogens is 2. The minimum atomic E-state index is -2.66. The van der Waals surface area contributed by atoms with E-state index in [9.17, 15) is 18.4 Å². The number of alkyl halides is 2. The first-order valence-electron chi connectivity index (χ1n) is 6.70. The molecule has 3 atom stereocenters. The first-order valence-corrected chi connectivity index (χ1v) is 6.70. The van der Waals surface area contributed by atoms with Gasteiger partial charge in [0, 0.05) is 18.4 Å². The van der Waals surface area contributed by atoms with Crippen molar-refractivity contribution >= 4 is 11.9 Å². The number of amides is 1. The van der Waals surface area contributed by atoms with E-state index in [4.69, 9.17) is 4.74 Å². The van der Waals surface area contributed by atoms with Gasteiger partial charge in [-0.2, -0.15) is 0 Å². The fraction of sp³-hybridized carbons (Fsp3) is 0.846. The topological polar surface area (TPSA) is 55.4 Å². The molecule has 0 aliphatic heterocycles. The average Bonchev–Trinajstić information content (AvgIpc) is 2.95. The third kappa shape index (κ3) is 3.88. The summed E-state index contributed by atoms with van der Waals surface area (Å²) in [5.74, 6) is -3.36. The van der Waals surface area contributed by atoms with Crippen molar-refractivity contribution in [3.8, 4) is 0 Å². The van der Waals surface area contributed by atoms with Crippen molar-refractivity contribution in [2.24, 2.45) is 11.8 Å². The summed E-state index contributed by atoms with van der Waals surface area (Å²) in [5.41, 5.74) is 0. The molecule has 0 bridgehead atoms. The van der Waals surface area contributed by atoms with E-state index in [1.54, 1.807) is 6.92 Å². The molecule has 2 rings (SSSR count). The van der Waals surface area contributed by atoms with Crippen LogP contribution in [0.3, 0.4) is 0 Å². The molecule has 1 N–H and O–H groups in total. The van der Waals surface area contributed by atoms with E-state index in [0.717, 1.165) is 19.3 Å². The zero-order valence-corrected chi connectivity index (χ0v) is 11.0. The molecule has 0 saturated heterocycles. The van der Waals surface area contributed by atoms with E-state index in [1.807, 2.05) is 0 Å². The van der Waals surface area contributed by atoms with E-state index in [0.29, 0.717) is 6.42 Å². The van der Waals surface area contributed by atoms with Crippen molar-refractivity contribution in [2.75, 3.05) is 6.61 Å². The summed E-state index contributed by atoms with van der Waals surface area (Å²) in [7, 11) is 0. The Morgan fingerprint density at radius 2 is 2.05 bits per heavy atom. The van der Waals surface area contributed by atoms with Crippen LogP contribution in [0.15, 0.2) is 0 Å². The highest BCUT2D eigenvalue weighted by Gasteiger charge is 2.57. The van der Waals surface area contributed by atoms with Crippen molar-refractivity contribution in [3.63, 3.8) is 0 Å². The van der Waals surface area contributed by atoms with E-state index >= 15 is 0 Å². The molecule has 0 spiro atoms. The molecule has 0 radical (unpaired) electrons.